The number of aromatic nitrogens is 3. The van der Waals surface area contributed by atoms with Gasteiger partial charge < -0.3 is 10.6 Å². The lowest BCUT2D eigenvalue weighted by Gasteiger charge is -2.07. The van der Waals surface area contributed by atoms with Crippen LogP contribution in [0.5, 0.6) is 0 Å². The summed E-state index contributed by atoms with van der Waals surface area (Å²) in [5.41, 5.74) is 5.18. The molecule has 2 aromatic carbocycles. The van der Waals surface area contributed by atoms with Gasteiger partial charge in [0, 0.05) is 12.7 Å². The van der Waals surface area contributed by atoms with E-state index in [2.05, 4.69) is 15.6 Å². The first kappa shape index (κ1) is 19.7. The van der Waals surface area contributed by atoms with Crippen LogP contribution in [0.2, 0.25) is 0 Å². The molecule has 0 aliphatic carbocycles. The molecule has 1 amide bonds. The van der Waals surface area contributed by atoms with Gasteiger partial charge in [-0.1, -0.05) is 35.9 Å². The zero-order chi connectivity index (χ0) is 21.3. The van der Waals surface area contributed by atoms with Crippen LogP contribution < -0.4 is 16.2 Å². The minimum atomic E-state index is -0.433. The molecule has 0 spiro atoms. The highest BCUT2D eigenvalue weighted by Gasteiger charge is 2.21. The fourth-order valence-corrected chi connectivity index (χ4v) is 3.85. The highest BCUT2D eigenvalue weighted by molar-refractivity contribution is 7.14. The van der Waals surface area contributed by atoms with Crippen LogP contribution in [0.4, 0.5) is 16.4 Å². The lowest BCUT2D eigenvalue weighted by molar-refractivity contribution is 0.102. The summed E-state index contributed by atoms with van der Waals surface area (Å²) in [6, 6.07) is 17.2. The molecule has 7 nitrogen and oxygen atoms in total. The quantitative estimate of drug-likeness (QED) is 0.507. The van der Waals surface area contributed by atoms with Crippen LogP contribution in [0, 0.1) is 13.8 Å². The summed E-state index contributed by atoms with van der Waals surface area (Å²) in [5.74, 6) is -0.433. The molecule has 2 aromatic heterocycles. The average molecular weight is 420 g/mol. The van der Waals surface area contributed by atoms with Crippen LogP contribution in [0.1, 0.15) is 21.7 Å². The molecule has 0 fully saturated rings. The third-order valence-electron chi connectivity index (χ3n) is 4.88. The van der Waals surface area contributed by atoms with Crippen molar-refractivity contribution in [3.05, 3.63) is 87.4 Å². The third-order valence-corrected chi connectivity index (χ3v) is 5.63. The maximum Gasteiger partial charge on any atom is 0.295 e. The van der Waals surface area contributed by atoms with E-state index in [1.807, 2.05) is 61.5 Å². The summed E-state index contributed by atoms with van der Waals surface area (Å²) in [5, 5.41) is 6.60. The molecule has 0 atom stereocenters. The van der Waals surface area contributed by atoms with Crippen molar-refractivity contribution in [3.63, 3.8) is 0 Å². The molecule has 0 unspecified atom stereocenters. The second-order valence-electron chi connectivity index (χ2n) is 6.91. The number of carbonyl (C=O) groups is 1. The Morgan fingerprint density at radius 2 is 1.73 bits per heavy atom. The molecule has 0 radical (unpaired) electrons. The molecule has 30 heavy (non-hydrogen) atoms. The minimum Gasteiger partial charge on any atom is -0.345 e. The van der Waals surface area contributed by atoms with Crippen molar-refractivity contribution in [3.8, 4) is 5.69 Å². The number of benzene rings is 2. The Morgan fingerprint density at radius 1 is 1.03 bits per heavy atom. The van der Waals surface area contributed by atoms with E-state index in [9.17, 15) is 9.59 Å². The van der Waals surface area contributed by atoms with Crippen LogP contribution in [-0.2, 0) is 7.05 Å². The van der Waals surface area contributed by atoms with Gasteiger partial charge in [0.1, 0.15) is 10.7 Å². The summed E-state index contributed by atoms with van der Waals surface area (Å²) in [4.78, 5) is 30.2. The van der Waals surface area contributed by atoms with Crippen LogP contribution >= 0.6 is 11.3 Å². The van der Waals surface area contributed by atoms with E-state index >= 15 is 0 Å². The van der Waals surface area contributed by atoms with Crippen molar-refractivity contribution < 1.29 is 4.79 Å². The van der Waals surface area contributed by atoms with Gasteiger partial charge in [-0.25, -0.2) is 9.67 Å². The topological polar surface area (TPSA) is 81.0 Å². The van der Waals surface area contributed by atoms with Crippen LogP contribution in [0.15, 0.2) is 64.9 Å². The van der Waals surface area contributed by atoms with Gasteiger partial charge in [0.2, 0.25) is 0 Å². The number of hydrogen-bond acceptors (Lipinski definition) is 5. The largest absolute Gasteiger partial charge is 0.345 e. The van der Waals surface area contributed by atoms with Crippen molar-refractivity contribution in [1.82, 2.24) is 14.3 Å². The van der Waals surface area contributed by atoms with E-state index in [1.165, 1.54) is 16.0 Å². The Kier molecular flexibility index (Phi) is 5.24. The highest BCUT2D eigenvalue weighted by Crippen LogP contribution is 2.26. The zero-order valence-corrected chi connectivity index (χ0v) is 17.7. The number of hydrogen-bond donors (Lipinski definition) is 2. The van der Waals surface area contributed by atoms with E-state index in [0.717, 1.165) is 16.9 Å². The fourth-order valence-electron chi connectivity index (χ4n) is 3.15. The molecule has 0 aliphatic rings. The molecule has 152 valence electrons. The predicted octanol–water partition coefficient (Wildman–Crippen LogP) is 4.25. The molecule has 2 N–H and O–H groups in total. The summed E-state index contributed by atoms with van der Waals surface area (Å²) >= 11 is 1.33. The zero-order valence-electron chi connectivity index (χ0n) is 16.8. The van der Waals surface area contributed by atoms with Gasteiger partial charge in [0.25, 0.3) is 11.5 Å². The summed E-state index contributed by atoms with van der Waals surface area (Å²) in [6.07, 6.45) is 0. The molecular weight excluding hydrogens is 398 g/mol. The lowest BCUT2D eigenvalue weighted by Crippen LogP contribution is -2.23. The van der Waals surface area contributed by atoms with Crippen LogP contribution in [-0.4, -0.2) is 20.3 Å². The predicted molar refractivity (Wildman–Crippen MR) is 120 cm³/mol. The Morgan fingerprint density at radius 3 is 2.43 bits per heavy atom. The smallest absolute Gasteiger partial charge is 0.295 e. The van der Waals surface area contributed by atoms with E-state index in [0.29, 0.717) is 10.7 Å². The summed E-state index contributed by atoms with van der Waals surface area (Å²) < 4.78 is 3.25. The molecule has 4 rings (SSSR count). The van der Waals surface area contributed by atoms with E-state index in [-0.39, 0.29) is 16.9 Å². The standard InChI is InChI=1S/C22H21N5O2S/c1-14-9-11-16(12-10-14)24-21-19(23-13-30-21)20(28)25-18-15(2)26(3)27(22(18)29)17-7-5-4-6-8-17/h4-13,24H,1-3H3,(H,25,28). The van der Waals surface area contributed by atoms with Crippen LogP contribution in [0.3, 0.4) is 0 Å². The molecule has 8 heteroatoms. The van der Waals surface area contributed by atoms with Crippen molar-refractivity contribution in [2.24, 2.45) is 7.05 Å². The van der Waals surface area contributed by atoms with Gasteiger partial charge >= 0.3 is 0 Å². The average Bonchev–Trinajstić information content (AvgIpc) is 3.29. The number of anilines is 3. The number of carbonyl (C=O) groups excluding carboxylic acids is 1. The second-order valence-corrected chi connectivity index (χ2v) is 7.77. The maximum atomic E-state index is 13.0. The third kappa shape index (κ3) is 3.65. The Balaban J connectivity index is 1.62. The van der Waals surface area contributed by atoms with Gasteiger partial charge in [-0.2, -0.15) is 0 Å². The van der Waals surface area contributed by atoms with Crippen molar-refractivity contribution in [1.29, 1.82) is 0 Å². The SMILES string of the molecule is Cc1ccc(Nc2scnc2C(=O)Nc2c(C)n(C)n(-c3ccccc3)c2=O)cc1. The van der Waals surface area contributed by atoms with E-state index < -0.39 is 5.91 Å². The molecule has 0 saturated carbocycles. The number of amides is 1. The van der Waals surface area contributed by atoms with Crippen molar-refractivity contribution in [2.75, 3.05) is 10.6 Å². The Bertz CT molecular complexity index is 1250. The first-order valence-electron chi connectivity index (χ1n) is 9.38. The van der Waals surface area contributed by atoms with Gasteiger partial charge in [-0.3, -0.25) is 14.3 Å². The van der Waals surface area contributed by atoms with Crippen molar-refractivity contribution in [2.45, 2.75) is 13.8 Å². The normalized spacial score (nSPS) is 10.8. The second kappa shape index (κ2) is 8.00. The van der Waals surface area contributed by atoms with Gasteiger partial charge in [0.05, 0.1) is 16.9 Å². The fraction of sp³-hybridized carbons (Fsp3) is 0.136. The van der Waals surface area contributed by atoms with E-state index in [4.69, 9.17) is 0 Å². The number of aryl methyl sites for hydroxylation is 1. The van der Waals surface area contributed by atoms with Crippen LogP contribution in [0.25, 0.3) is 5.69 Å². The molecule has 4 aromatic rings. The Hall–Kier alpha value is -3.65. The summed E-state index contributed by atoms with van der Waals surface area (Å²) in [6.45, 7) is 3.81. The number of rotatable bonds is 5. The summed E-state index contributed by atoms with van der Waals surface area (Å²) in [7, 11) is 1.78. The highest BCUT2D eigenvalue weighted by atomic mass is 32.1. The monoisotopic (exact) mass is 419 g/mol. The maximum absolute atomic E-state index is 13.0. The molecule has 0 bridgehead atoms. The van der Waals surface area contributed by atoms with Gasteiger partial charge in [0.15, 0.2) is 5.69 Å². The molecule has 2 heterocycles. The molecule has 0 saturated heterocycles. The van der Waals surface area contributed by atoms with Crippen molar-refractivity contribution >= 4 is 33.6 Å². The first-order chi connectivity index (χ1) is 14.5. The molecule has 0 aliphatic heterocycles. The minimum absolute atomic E-state index is 0.237. The van der Waals surface area contributed by atoms with E-state index in [1.54, 1.807) is 24.2 Å². The first-order valence-corrected chi connectivity index (χ1v) is 10.3. The van der Waals surface area contributed by atoms with Gasteiger partial charge in [-0.15, -0.1) is 11.3 Å². The van der Waals surface area contributed by atoms with Gasteiger partial charge in [-0.05, 0) is 38.1 Å². The number of nitrogens with one attached hydrogen (secondary N) is 2. The lowest BCUT2D eigenvalue weighted by atomic mass is 10.2. The number of para-hydroxylation sites is 1. The number of nitrogens with zero attached hydrogens (tertiary/aromatic N) is 3. The Labute approximate surface area is 177 Å². The molecular formula is C22H21N5O2S. The number of thiazole rings is 1.